The van der Waals surface area contributed by atoms with Crippen LogP contribution in [0.5, 0.6) is 0 Å². The van der Waals surface area contributed by atoms with Crippen LogP contribution in [0.2, 0.25) is 0 Å². The van der Waals surface area contributed by atoms with E-state index in [-0.39, 0.29) is 31.3 Å². The van der Waals surface area contributed by atoms with Crippen LogP contribution < -0.4 is 9.62 Å². The van der Waals surface area contributed by atoms with Gasteiger partial charge in [0.05, 0.1) is 11.9 Å². The Bertz CT molecular complexity index is 1320. The highest BCUT2D eigenvalue weighted by atomic mass is 32.2. The van der Waals surface area contributed by atoms with Crippen molar-refractivity contribution >= 4 is 27.5 Å². The summed E-state index contributed by atoms with van der Waals surface area (Å²) in [6.45, 7) is 6.70. The Morgan fingerprint density at radius 2 is 1.44 bits per heavy atom. The predicted molar refractivity (Wildman–Crippen MR) is 157 cm³/mol. The zero-order valence-corrected chi connectivity index (χ0v) is 24.1. The van der Waals surface area contributed by atoms with Crippen LogP contribution >= 0.6 is 0 Å². The van der Waals surface area contributed by atoms with E-state index in [0.717, 1.165) is 22.3 Å². The van der Waals surface area contributed by atoms with E-state index in [4.69, 9.17) is 0 Å². The standard InChI is InChI=1S/C31H39N3O4S/c1-5-32-31(36)29(22-26-10-7-6-8-11-26)33(23-27-17-13-24(2)14-18-27)30(35)12-9-21-34(39(4,37)38)28-19-15-25(3)16-20-28/h6-8,10-11,13-20,29H,5,9,12,21-23H2,1-4H3,(H,32,36). The number of carbonyl (C=O) groups excluding carboxylic acids is 2. The Morgan fingerprint density at radius 1 is 0.846 bits per heavy atom. The lowest BCUT2D eigenvalue weighted by atomic mass is 10.0. The quantitative estimate of drug-likeness (QED) is 0.337. The Hall–Kier alpha value is -3.65. The van der Waals surface area contributed by atoms with E-state index < -0.39 is 16.1 Å². The van der Waals surface area contributed by atoms with Crippen molar-refractivity contribution in [1.82, 2.24) is 10.2 Å². The van der Waals surface area contributed by atoms with Crippen LogP contribution in [-0.2, 0) is 32.6 Å². The fourth-order valence-corrected chi connectivity index (χ4v) is 5.42. The molecule has 3 aromatic carbocycles. The molecule has 1 unspecified atom stereocenters. The van der Waals surface area contributed by atoms with E-state index in [0.29, 0.717) is 25.1 Å². The smallest absolute Gasteiger partial charge is 0.243 e. The van der Waals surface area contributed by atoms with Crippen molar-refractivity contribution in [2.75, 3.05) is 23.7 Å². The molecule has 39 heavy (non-hydrogen) atoms. The molecule has 1 atom stereocenters. The summed E-state index contributed by atoms with van der Waals surface area (Å²) >= 11 is 0. The second kappa shape index (κ2) is 13.9. The molecule has 0 bridgehead atoms. The number of benzene rings is 3. The third kappa shape index (κ3) is 8.96. The third-order valence-corrected chi connectivity index (χ3v) is 7.76. The van der Waals surface area contributed by atoms with Crippen molar-refractivity contribution in [3.63, 3.8) is 0 Å². The molecule has 0 saturated heterocycles. The van der Waals surface area contributed by atoms with Gasteiger partial charge < -0.3 is 10.2 Å². The molecule has 1 N–H and O–H groups in total. The zero-order chi connectivity index (χ0) is 28.4. The molecule has 0 radical (unpaired) electrons. The van der Waals surface area contributed by atoms with Gasteiger partial charge >= 0.3 is 0 Å². The summed E-state index contributed by atoms with van der Waals surface area (Å²) in [7, 11) is -3.54. The molecule has 0 aliphatic rings. The topological polar surface area (TPSA) is 86.8 Å². The van der Waals surface area contributed by atoms with Gasteiger partial charge in [-0.3, -0.25) is 13.9 Å². The lowest BCUT2D eigenvalue weighted by molar-refractivity contribution is -0.141. The maximum atomic E-state index is 13.7. The summed E-state index contributed by atoms with van der Waals surface area (Å²) in [5, 5.41) is 2.90. The van der Waals surface area contributed by atoms with Crippen molar-refractivity contribution in [3.05, 3.63) is 101 Å². The van der Waals surface area contributed by atoms with Crippen LogP contribution in [0, 0.1) is 13.8 Å². The molecule has 0 aliphatic carbocycles. The molecular weight excluding hydrogens is 510 g/mol. The molecule has 208 valence electrons. The first-order valence-electron chi connectivity index (χ1n) is 13.3. The lowest BCUT2D eigenvalue weighted by Gasteiger charge is -2.32. The largest absolute Gasteiger partial charge is 0.355 e. The van der Waals surface area contributed by atoms with Gasteiger partial charge in [-0.25, -0.2) is 8.42 Å². The number of rotatable bonds is 13. The number of aryl methyl sites for hydroxylation is 2. The SMILES string of the molecule is CCNC(=O)C(Cc1ccccc1)N(Cc1ccc(C)cc1)C(=O)CCCN(c1ccc(C)cc1)S(C)(=O)=O. The van der Waals surface area contributed by atoms with Crippen LogP contribution in [-0.4, -0.2) is 50.5 Å². The van der Waals surface area contributed by atoms with Gasteiger partial charge in [0.2, 0.25) is 21.8 Å². The first-order chi connectivity index (χ1) is 18.6. The second-order valence-corrected chi connectivity index (χ2v) is 11.8. The average Bonchev–Trinajstić information content (AvgIpc) is 2.90. The summed E-state index contributed by atoms with van der Waals surface area (Å²) in [4.78, 5) is 28.7. The molecule has 0 aliphatic heterocycles. The molecule has 7 nitrogen and oxygen atoms in total. The number of nitrogens with zero attached hydrogens (tertiary/aromatic N) is 2. The van der Waals surface area contributed by atoms with Crippen molar-refractivity contribution < 1.29 is 18.0 Å². The van der Waals surface area contributed by atoms with Gasteiger partial charge in [-0.15, -0.1) is 0 Å². The monoisotopic (exact) mass is 549 g/mol. The first kappa shape index (κ1) is 29.9. The lowest BCUT2D eigenvalue weighted by Crippen LogP contribution is -2.50. The highest BCUT2D eigenvalue weighted by molar-refractivity contribution is 7.92. The summed E-state index contributed by atoms with van der Waals surface area (Å²) < 4.78 is 26.4. The maximum absolute atomic E-state index is 13.7. The van der Waals surface area contributed by atoms with Gasteiger partial charge in [-0.05, 0) is 50.5 Å². The minimum Gasteiger partial charge on any atom is -0.355 e. The van der Waals surface area contributed by atoms with E-state index in [1.807, 2.05) is 87.5 Å². The minimum atomic E-state index is -3.54. The van der Waals surface area contributed by atoms with Crippen molar-refractivity contribution in [2.24, 2.45) is 0 Å². The molecule has 0 saturated carbocycles. The molecule has 0 heterocycles. The molecule has 3 rings (SSSR count). The molecule has 3 aromatic rings. The highest BCUT2D eigenvalue weighted by Gasteiger charge is 2.30. The number of amides is 2. The van der Waals surface area contributed by atoms with Gasteiger partial charge in [0, 0.05) is 32.5 Å². The number of carbonyl (C=O) groups is 2. The zero-order valence-electron chi connectivity index (χ0n) is 23.3. The molecule has 8 heteroatoms. The van der Waals surface area contributed by atoms with Gasteiger partial charge in [-0.2, -0.15) is 0 Å². The Kier molecular flexibility index (Phi) is 10.7. The van der Waals surface area contributed by atoms with Gasteiger partial charge in [0.15, 0.2) is 0 Å². The second-order valence-electron chi connectivity index (χ2n) is 9.88. The summed E-state index contributed by atoms with van der Waals surface area (Å²) in [5.41, 5.74) is 4.59. The van der Waals surface area contributed by atoms with E-state index in [9.17, 15) is 18.0 Å². The Morgan fingerprint density at radius 3 is 2.00 bits per heavy atom. The van der Waals surface area contributed by atoms with Crippen LogP contribution in [0.15, 0.2) is 78.9 Å². The maximum Gasteiger partial charge on any atom is 0.243 e. The molecular formula is C31H39N3O4S. The van der Waals surface area contributed by atoms with Crippen molar-refractivity contribution in [2.45, 2.75) is 52.6 Å². The summed E-state index contributed by atoms with van der Waals surface area (Å²) in [5.74, 6) is -0.403. The van der Waals surface area contributed by atoms with Gasteiger partial charge in [0.1, 0.15) is 6.04 Å². The van der Waals surface area contributed by atoms with Crippen LogP contribution in [0.25, 0.3) is 0 Å². The number of hydrogen-bond acceptors (Lipinski definition) is 4. The normalized spacial score (nSPS) is 12.0. The van der Waals surface area contributed by atoms with Crippen LogP contribution in [0.3, 0.4) is 0 Å². The van der Waals surface area contributed by atoms with E-state index in [2.05, 4.69) is 5.32 Å². The molecule has 0 fully saturated rings. The number of likely N-dealkylation sites (N-methyl/N-ethyl adjacent to an activating group) is 1. The number of hydrogen-bond donors (Lipinski definition) is 1. The Balaban J connectivity index is 1.85. The number of sulfonamides is 1. The summed E-state index contributed by atoms with van der Waals surface area (Å²) in [6, 6.07) is 24.1. The first-order valence-corrected chi connectivity index (χ1v) is 15.1. The number of anilines is 1. The van der Waals surface area contributed by atoms with Crippen molar-refractivity contribution in [1.29, 1.82) is 0 Å². The highest BCUT2D eigenvalue weighted by Crippen LogP contribution is 2.21. The van der Waals surface area contributed by atoms with E-state index in [1.54, 1.807) is 17.0 Å². The third-order valence-electron chi connectivity index (χ3n) is 6.57. The average molecular weight is 550 g/mol. The van der Waals surface area contributed by atoms with Gasteiger partial charge in [0.25, 0.3) is 0 Å². The van der Waals surface area contributed by atoms with Crippen LogP contribution in [0.4, 0.5) is 5.69 Å². The van der Waals surface area contributed by atoms with Crippen molar-refractivity contribution in [3.8, 4) is 0 Å². The number of nitrogens with one attached hydrogen (secondary N) is 1. The molecule has 0 spiro atoms. The predicted octanol–water partition coefficient (Wildman–Crippen LogP) is 4.63. The molecule has 2 amide bonds. The molecule has 0 aromatic heterocycles. The van der Waals surface area contributed by atoms with Gasteiger partial charge in [-0.1, -0.05) is 77.9 Å². The summed E-state index contributed by atoms with van der Waals surface area (Å²) in [6.07, 6.45) is 1.97. The van der Waals surface area contributed by atoms with E-state index >= 15 is 0 Å². The van der Waals surface area contributed by atoms with E-state index in [1.165, 1.54) is 10.6 Å². The fraction of sp³-hybridized carbons (Fsp3) is 0.355. The fourth-order valence-electron chi connectivity index (χ4n) is 4.45. The minimum absolute atomic E-state index is 0.106. The van der Waals surface area contributed by atoms with Crippen LogP contribution in [0.1, 0.15) is 42.0 Å². The Labute approximate surface area is 232 Å².